The van der Waals surface area contributed by atoms with Crippen LogP contribution < -0.4 is 24.7 Å². The predicted octanol–water partition coefficient (Wildman–Crippen LogP) is 6.36. The summed E-state index contributed by atoms with van der Waals surface area (Å²) in [6.45, 7) is 0.327. The van der Waals surface area contributed by atoms with Crippen LogP contribution in [0, 0.1) is 11.3 Å². The molecule has 0 saturated heterocycles. The Labute approximate surface area is 230 Å². The van der Waals surface area contributed by atoms with Crippen molar-refractivity contribution in [2.45, 2.75) is 12.5 Å². The number of benzene rings is 4. The number of methoxy groups -OCH3 is 1. The zero-order valence-corrected chi connectivity index (χ0v) is 21.6. The molecule has 0 spiro atoms. The Bertz CT molecular complexity index is 1590. The van der Waals surface area contributed by atoms with Crippen LogP contribution in [0.2, 0.25) is 5.02 Å². The topological polar surface area (TPSA) is 104 Å². The Morgan fingerprint density at radius 2 is 1.77 bits per heavy atom. The molecule has 0 bridgehead atoms. The van der Waals surface area contributed by atoms with Crippen LogP contribution in [0.25, 0.3) is 0 Å². The zero-order valence-electron chi connectivity index (χ0n) is 20.9. The maximum absolute atomic E-state index is 12.5. The molecule has 1 aliphatic rings. The van der Waals surface area contributed by atoms with Gasteiger partial charge in [-0.05, 0) is 53.6 Å². The van der Waals surface area contributed by atoms with Gasteiger partial charge in [0.15, 0.2) is 11.5 Å². The summed E-state index contributed by atoms with van der Waals surface area (Å²) in [5.74, 6) is 0.666. The van der Waals surface area contributed by atoms with Crippen molar-refractivity contribution in [1.29, 1.82) is 5.26 Å². The number of carbonyl (C=O) groups excluding carboxylic acids is 1. The van der Waals surface area contributed by atoms with Gasteiger partial charge in [0.2, 0.25) is 5.88 Å². The smallest absolute Gasteiger partial charge is 0.343 e. The minimum absolute atomic E-state index is 0.0245. The van der Waals surface area contributed by atoms with E-state index in [4.69, 9.17) is 36.3 Å². The zero-order chi connectivity index (χ0) is 27.4. The van der Waals surface area contributed by atoms with Crippen molar-refractivity contribution in [2.75, 3.05) is 7.11 Å². The number of nitrogens with two attached hydrogens (primary N) is 1. The van der Waals surface area contributed by atoms with E-state index in [1.165, 1.54) is 0 Å². The Morgan fingerprint density at radius 1 is 1.00 bits per heavy atom. The minimum atomic E-state index is -0.531. The van der Waals surface area contributed by atoms with Gasteiger partial charge in [-0.1, -0.05) is 54.1 Å². The van der Waals surface area contributed by atoms with E-state index in [1.807, 2.05) is 30.3 Å². The van der Waals surface area contributed by atoms with Crippen molar-refractivity contribution in [3.8, 4) is 29.1 Å². The lowest BCUT2D eigenvalue weighted by Gasteiger charge is -2.27. The highest BCUT2D eigenvalue weighted by Gasteiger charge is 2.32. The van der Waals surface area contributed by atoms with Gasteiger partial charge in [-0.25, -0.2) is 4.79 Å². The van der Waals surface area contributed by atoms with Crippen molar-refractivity contribution in [2.24, 2.45) is 5.73 Å². The molecule has 1 heterocycles. The van der Waals surface area contributed by atoms with Gasteiger partial charge in [0.25, 0.3) is 0 Å². The Morgan fingerprint density at radius 3 is 2.49 bits per heavy atom. The first kappa shape index (κ1) is 25.7. The van der Waals surface area contributed by atoms with Crippen LogP contribution in [0.4, 0.5) is 0 Å². The molecule has 2 N–H and O–H groups in total. The Hall–Kier alpha value is -4.93. The molecule has 0 aromatic heterocycles. The summed E-state index contributed by atoms with van der Waals surface area (Å²) in [5, 5.41) is 10.6. The molecule has 0 amide bonds. The lowest BCUT2D eigenvalue weighted by molar-refractivity contribution is 0.0734. The molecule has 4 aromatic carbocycles. The molecule has 1 atom stereocenters. The molecule has 0 aliphatic carbocycles. The molecule has 39 heavy (non-hydrogen) atoms. The number of nitrogens with zero attached hydrogens (tertiary/aromatic N) is 1. The van der Waals surface area contributed by atoms with Gasteiger partial charge in [-0.2, -0.15) is 5.26 Å². The summed E-state index contributed by atoms with van der Waals surface area (Å²) in [6, 6.07) is 28.7. The van der Waals surface area contributed by atoms with E-state index in [2.05, 4.69) is 6.07 Å². The molecule has 0 saturated carbocycles. The van der Waals surface area contributed by atoms with Gasteiger partial charge in [-0.15, -0.1) is 0 Å². The molecular formula is C31H23ClN2O5. The quantitative estimate of drug-likeness (QED) is 0.215. The molecule has 5 rings (SSSR count). The molecule has 0 radical (unpaired) electrons. The van der Waals surface area contributed by atoms with Gasteiger partial charge < -0.3 is 24.7 Å². The predicted molar refractivity (Wildman–Crippen MR) is 146 cm³/mol. The van der Waals surface area contributed by atoms with Crippen LogP contribution in [0.1, 0.15) is 33.0 Å². The SMILES string of the molecule is COc1cc(C2C(C#N)=C(N)Oc3cc(OC(=O)c4ccccc4)ccc32)ccc1OCc1ccc(Cl)cc1. The van der Waals surface area contributed by atoms with Crippen molar-refractivity contribution < 1.29 is 23.7 Å². The number of allylic oxidation sites excluding steroid dienone is 1. The number of fused-ring (bicyclic) bond motifs is 1. The molecule has 0 fully saturated rings. The fourth-order valence-electron chi connectivity index (χ4n) is 4.31. The van der Waals surface area contributed by atoms with E-state index in [9.17, 15) is 10.1 Å². The van der Waals surface area contributed by atoms with Crippen molar-refractivity contribution >= 4 is 17.6 Å². The Kier molecular flexibility index (Phi) is 7.39. The third-order valence-electron chi connectivity index (χ3n) is 6.24. The molecule has 4 aromatic rings. The number of carbonyl (C=O) groups is 1. The molecular weight excluding hydrogens is 516 g/mol. The van der Waals surface area contributed by atoms with Gasteiger partial charge in [0, 0.05) is 16.7 Å². The monoisotopic (exact) mass is 538 g/mol. The largest absolute Gasteiger partial charge is 0.493 e. The maximum atomic E-state index is 12.5. The minimum Gasteiger partial charge on any atom is -0.493 e. The van der Waals surface area contributed by atoms with Crippen molar-refractivity contribution in [3.05, 3.63) is 130 Å². The summed E-state index contributed by atoms with van der Waals surface area (Å²) in [4.78, 5) is 12.5. The van der Waals surface area contributed by atoms with Crippen LogP contribution in [-0.4, -0.2) is 13.1 Å². The van der Waals surface area contributed by atoms with Crippen LogP contribution in [-0.2, 0) is 6.61 Å². The summed E-state index contributed by atoms with van der Waals surface area (Å²) >= 11 is 5.97. The van der Waals surface area contributed by atoms with E-state index in [-0.39, 0.29) is 17.2 Å². The van der Waals surface area contributed by atoms with E-state index in [1.54, 1.807) is 67.8 Å². The summed E-state index contributed by atoms with van der Waals surface area (Å²) in [5.41, 5.74) is 9.24. The van der Waals surface area contributed by atoms with Crippen molar-refractivity contribution in [3.63, 3.8) is 0 Å². The van der Waals surface area contributed by atoms with Crippen LogP contribution >= 0.6 is 11.6 Å². The first-order valence-electron chi connectivity index (χ1n) is 12.0. The van der Waals surface area contributed by atoms with Gasteiger partial charge in [0.05, 0.1) is 18.6 Å². The van der Waals surface area contributed by atoms with E-state index >= 15 is 0 Å². The standard InChI is InChI=1S/C31H23ClN2O5/c1-36-28-15-21(9-14-26(28)37-18-19-7-10-22(32)11-8-19)29-24-13-12-23(16-27(24)39-30(34)25(29)17-33)38-31(35)20-5-3-2-4-6-20/h2-16,29H,18,34H2,1H3. The van der Waals surface area contributed by atoms with Crippen LogP contribution in [0.15, 0.2) is 102 Å². The molecule has 1 aliphatic heterocycles. The van der Waals surface area contributed by atoms with Gasteiger partial charge >= 0.3 is 5.97 Å². The highest BCUT2D eigenvalue weighted by Crippen LogP contribution is 2.45. The van der Waals surface area contributed by atoms with E-state index in [0.29, 0.717) is 40.0 Å². The molecule has 7 nitrogen and oxygen atoms in total. The maximum Gasteiger partial charge on any atom is 0.343 e. The number of ether oxygens (including phenoxy) is 4. The number of nitriles is 1. The third kappa shape index (κ3) is 5.52. The first-order chi connectivity index (χ1) is 19.0. The van der Waals surface area contributed by atoms with E-state index < -0.39 is 11.9 Å². The normalized spacial score (nSPS) is 14.0. The van der Waals surface area contributed by atoms with Crippen molar-refractivity contribution in [1.82, 2.24) is 0 Å². The Balaban J connectivity index is 1.43. The first-order valence-corrected chi connectivity index (χ1v) is 12.4. The highest BCUT2D eigenvalue weighted by atomic mass is 35.5. The molecule has 8 heteroatoms. The molecule has 1 unspecified atom stereocenters. The number of hydrogen-bond donors (Lipinski definition) is 1. The molecule has 194 valence electrons. The average molecular weight is 539 g/mol. The number of halogens is 1. The lowest BCUT2D eigenvalue weighted by Crippen LogP contribution is -2.21. The van der Waals surface area contributed by atoms with Crippen LogP contribution in [0.3, 0.4) is 0 Å². The summed E-state index contributed by atoms with van der Waals surface area (Å²) in [6.07, 6.45) is 0. The second-order valence-corrected chi connectivity index (χ2v) is 9.14. The van der Waals surface area contributed by atoms with Crippen LogP contribution in [0.5, 0.6) is 23.0 Å². The average Bonchev–Trinajstić information content (AvgIpc) is 2.96. The number of esters is 1. The fourth-order valence-corrected chi connectivity index (χ4v) is 4.43. The number of hydrogen-bond acceptors (Lipinski definition) is 7. The van der Waals surface area contributed by atoms with E-state index in [0.717, 1.165) is 11.1 Å². The second kappa shape index (κ2) is 11.2. The third-order valence-corrected chi connectivity index (χ3v) is 6.49. The fraction of sp³-hybridized carbons (Fsp3) is 0.0968. The summed E-state index contributed by atoms with van der Waals surface area (Å²) < 4.78 is 22.9. The highest BCUT2D eigenvalue weighted by molar-refractivity contribution is 6.30. The summed E-state index contributed by atoms with van der Waals surface area (Å²) in [7, 11) is 1.55. The lowest BCUT2D eigenvalue weighted by atomic mass is 9.83. The second-order valence-electron chi connectivity index (χ2n) is 8.71. The number of rotatable bonds is 7. The van der Waals surface area contributed by atoms with Gasteiger partial charge in [0.1, 0.15) is 29.7 Å². The van der Waals surface area contributed by atoms with Gasteiger partial charge in [-0.3, -0.25) is 0 Å².